The van der Waals surface area contributed by atoms with Crippen LogP contribution in [-0.4, -0.2) is 0 Å². The van der Waals surface area contributed by atoms with E-state index in [2.05, 4.69) is 21.2 Å². The zero-order valence-electron chi connectivity index (χ0n) is 10.4. The second-order valence-electron chi connectivity index (χ2n) is 4.29. The third-order valence-corrected chi connectivity index (χ3v) is 3.48. The minimum Gasteiger partial charge on any atom is -0.379 e. The van der Waals surface area contributed by atoms with Gasteiger partial charge < -0.3 is 5.32 Å². The van der Waals surface area contributed by atoms with Gasteiger partial charge in [0.25, 0.3) is 0 Å². The molecule has 0 aliphatic carbocycles. The molecule has 0 fully saturated rings. The minimum atomic E-state index is -4.52. The van der Waals surface area contributed by atoms with E-state index < -0.39 is 17.6 Å². The van der Waals surface area contributed by atoms with Gasteiger partial charge in [0.2, 0.25) is 0 Å². The Hall–Kier alpha value is -1.27. The normalized spacial score (nSPS) is 11.5. The predicted molar refractivity (Wildman–Crippen MR) is 77.9 cm³/mol. The van der Waals surface area contributed by atoms with Crippen LogP contribution >= 0.6 is 27.5 Å². The van der Waals surface area contributed by atoms with E-state index in [9.17, 15) is 17.6 Å². The van der Waals surface area contributed by atoms with Gasteiger partial charge in [-0.25, -0.2) is 4.39 Å². The molecule has 0 unspecified atom stereocenters. The molecule has 0 aliphatic heterocycles. The first kappa shape index (κ1) is 16.1. The molecular weight excluding hydrogens is 374 g/mol. The number of anilines is 1. The summed E-state index contributed by atoms with van der Waals surface area (Å²) in [5.74, 6) is -0.476. The van der Waals surface area contributed by atoms with Crippen LogP contribution in [0.25, 0.3) is 0 Å². The van der Waals surface area contributed by atoms with Crippen LogP contribution in [0.1, 0.15) is 11.1 Å². The molecule has 0 saturated heterocycles. The summed E-state index contributed by atoms with van der Waals surface area (Å²) in [6, 6.07) is 7.65. The van der Waals surface area contributed by atoms with Crippen molar-refractivity contribution in [2.45, 2.75) is 12.7 Å². The number of rotatable bonds is 3. The molecule has 21 heavy (non-hydrogen) atoms. The zero-order chi connectivity index (χ0) is 15.6. The molecule has 0 saturated carbocycles. The summed E-state index contributed by atoms with van der Waals surface area (Å²) in [6.45, 7) is 0.0170. The van der Waals surface area contributed by atoms with Crippen LogP contribution in [-0.2, 0) is 12.7 Å². The highest BCUT2D eigenvalue weighted by molar-refractivity contribution is 9.10. The van der Waals surface area contributed by atoms with Crippen LogP contribution in [0.3, 0.4) is 0 Å². The maximum Gasteiger partial charge on any atom is 0.418 e. The van der Waals surface area contributed by atoms with Crippen molar-refractivity contribution in [2.24, 2.45) is 0 Å². The molecule has 0 atom stereocenters. The molecule has 0 heterocycles. The first-order valence-corrected chi connectivity index (χ1v) is 6.99. The van der Waals surface area contributed by atoms with Gasteiger partial charge in [-0.2, -0.15) is 13.2 Å². The Kier molecular flexibility index (Phi) is 4.78. The number of alkyl halides is 3. The average Bonchev–Trinajstić information content (AvgIpc) is 2.34. The van der Waals surface area contributed by atoms with Gasteiger partial charge in [0, 0.05) is 11.0 Å². The van der Waals surface area contributed by atoms with Crippen LogP contribution in [0.5, 0.6) is 0 Å². The summed E-state index contributed by atoms with van der Waals surface area (Å²) in [6.07, 6.45) is -4.52. The van der Waals surface area contributed by atoms with E-state index >= 15 is 0 Å². The summed E-state index contributed by atoms with van der Waals surface area (Å²) in [7, 11) is 0. The highest BCUT2D eigenvalue weighted by atomic mass is 79.9. The second kappa shape index (κ2) is 6.23. The Morgan fingerprint density at radius 1 is 1.14 bits per heavy atom. The van der Waals surface area contributed by atoms with Crippen molar-refractivity contribution in [1.82, 2.24) is 0 Å². The molecule has 0 aromatic heterocycles. The molecular formula is C14H9BrClF4N. The summed E-state index contributed by atoms with van der Waals surface area (Å²) >= 11 is 8.94. The van der Waals surface area contributed by atoms with Gasteiger partial charge in [-0.3, -0.25) is 0 Å². The molecule has 0 amide bonds. The summed E-state index contributed by atoms with van der Waals surface area (Å²) in [4.78, 5) is 0. The predicted octanol–water partition coefficient (Wildman–Crippen LogP) is 5.87. The van der Waals surface area contributed by atoms with Crippen molar-refractivity contribution < 1.29 is 17.6 Å². The molecule has 0 bridgehead atoms. The third-order valence-electron chi connectivity index (χ3n) is 2.71. The van der Waals surface area contributed by atoms with Gasteiger partial charge >= 0.3 is 6.18 Å². The van der Waals surface area contributed by atoms with Crippen molar-refractivity contribution in [3.63, 3.8) is 0 Å². The zero-order valence-corrected chi connectivity index (χ0v) is 12.8. The Morgan fingerprint density at radius 3 is 2.48 bits per heavy atom. The van der Waals surface area contributed by atoms with Gasteiger partial charge in [0.1, 0.15) is 5.82 Å². The number of halogens is 6. The molecule has 1 N–H and O–H groups in total. The first-order valence-electron chi connectivity index (χ1n) is 5.82. The Bertz CT molecular complexity index is 638. The molecule has 0 spiro atoms. The quantitative estimate of drug-likeness (QED) is 0.654. The van der Waals surface area contributed by atoms with E-state index in [-0.39, 0.29) is 17.3 Å². The van der Waals surface area contributed by atoms with Crippen LogP contribution in [0.4, 0.5) is 23.2 Å². The van der Waals surface area contributed by atoms with Gasteiger partial charge in [0.15, 0.2) is 0 Å². The largest absolute Gasteiger partial charge is 0.418 e. The lowest BCUT2D eigenvalue weighted by atomic mass is 10.1. The lowest BCUT2D eigenvalue weighted by Gasteiger charge is -2.16. The van der Waals surface area contributed by atoms with E-state index in [1.54, 1.807) is 6.07 Å². The fourth-order valence-electron chi connectivity index (χ4n) is 1.84. The van der Waals surface area contributed by atoms with Crippen molar-refractivity contribution in [1.29, 1.82) is 0 Å². The van der Waals surface area contributed by atoms with Crippen molar-refractivity contribution >= 4 is 33.2 Å². The van der Waals surface area contributed by atoms with Gasteiger partial charge in [-0.1, -0.05) is 33.6 Å². The number of nitrogens with one attached hydrogen (secondary N) is 1. The van der Waals surface area contributed by atoms with Crippen molar-refractivity contribution in [3.05, 3.63) is 62.8 Å². The maximum atomic E-state index is 13.2. The molecule has 112 valence electrons. The molecule has 7 heteroatoms. The van der Waals surface area contributed by atoms with Crippen LogP contribution in [0.15, 0.2) is 40.9 Å². The smallest absolute Gasteiger partial charge is 0.379 e. The van der Waals surface area contributed by atoms with Crippen molar-refractivity contribution in [2.75, 3.05) is 5.32 Å². The van der Waals surface area contributed by atoms with Gasteiger partial charge in [-0.05, 0) is 35.9 Å². The Balaban J connectivity index is 2.28. The first-order chi connectivity index (χ1) is 9.77. The topological polar surface area (TPSA) is 12.0 Å². The van der Waals surface area contributed by atoms with E-state index in [1.165, 1.54) is 24.3 Å². The Labute approximate surface area is 132 Å². The van der Waals surface area contributed by atoms with Gasteiger partial charge in [-0.15, -0.1) is 0 Å². The fraction of sp³-hybridized carbons (Fsp3) is 0.143. The summed E-state index contributed by atoms with van der Waals surface area (Å²) in [5.41, 5.74) is -0.576. The fourth-order valence-corrected chi connectivity index (χ4v) is 2.60. The standard InChI is InChI=1S/C14H9BrClF4N/c15-9-4-8(5-10(17)6-9)7-21-13-11(14(18,19)20)2-1-3-12(13)16/h1-6,21H,7H2. The number of hydrogen-bond acceptors (Lipinski definition) is 1. The molecule has 0 aliphatic rings. The monoisotopic (exact) mass is 381 g/mol. The lowest BCUT2D eigenvalue weighted by Crippen LogP contribution is -2.11. The van der Waals surface area contributed by atoms with E-state index in [0.717, 1.165) is 6.07 Å². The number of benzene rings is 2. The summed E-state index contributed by atoms with van der Waals surface area (Å²) < 4.78 is 52.5. The molecule has 2 aromatic carbocycles. The highest BCUT2D eigenvalue weighted by Crippen LogP contribution is 2.38. The maximum absolute atomic E-state index is 13.2. The molecule has 1 nitrogen and oxygen atoms in total. The van der Waals surface area contributed by atoms with Crippen LogP contribution in [0, 0.1) is 5.82 Å². The third kappa shape index (κ3) is 4.11. The SMILES string of the molecule is Fc1cc(Br)cc(CNc2c(Cl)cccc2C(F)(F)F)c1. The van der Waals surface area contributed by atoms with Gasteiger partial charge in [0.05, 0.1) is 16.3 Å². The van der Waals surface area contributed by atoms with E-state index in [1.807, 2.05) is 0 Å². The second-order valence-corrected chi connectivity index (χ2v) is 5.61. The van der Waals surface area contributed by atoms with Crippen LogP contribution < -0.4 is 5.32 Å². The number of hydrogen-bond donors (Lipinski definition) is 1. The van der Waals surface area contributed by atoms with Crippen LogP contribution in [0.2, 0.25) is 5.02 Å². The summed E-state index contributed by atoms with van der Waals surface area (Å²) in [5, 5.41) is 2.58. The molecule has 2 aromatic rings. The number of para-hydroxylation sites is 1. The highest BCUT2D eigenvalue weighted by Gasteiger charge is 2.34. The van der Waals surface area contributed by atoms with E-state index in [0.29, 0.717) is 10.0 Å². The lowest BCUT2D eigenvalue weighted by molar-refractivity contribution is -0.136. The van der Waals surface area contributed by atoms with E-state index in [4.69, 9.17) is 11.6 Å². The minimum absolute atomic E-state index is 0.0170. The molecule has 2 rings (SSSR count). The molecule has 0 radical (unpaired) electrons. The average molecular weight is 383 g/mol. The Morgan fingerprint density at radius 2 is 1.86 bits per heavy atom. The van der Waals surface area contributed by atoms with Crippen molar-refractivity contribution in [3.8, 4) is 0 Å².